The van der Waals surface area contributed by atoms with E-state index in [9.17, 15) is 14.4 Å². The van der Waals surface area contributed by atoms with E-state index in [1.807, 2.05) is 47.9 Å². The number of thiophene rings is 1. The van der Waals surface area contributed by atoms with Crippen LogP contribution in [0.5, 0.6) is 0 Å². The van der Waals surface area contributed by atoms with E-state index in [0.717, 1.165) is 21.9 Å². The highest BCUT2D eigenvalue weighted by molar-refractivity contribution is 7.14. The van der Waals surface area contributed by atoms with Crippen LogP contribution in [0.2, 0.25) is 0 Å². The zero-order chi connectivity index (χ0) is 22.7. The lowest BCUT2D eigenvalue weighted by Crippen LogP contribution is -2.18. The van der Waals surface area contributed by atoms with E-state index in [-0.39, 0.29) is 18.3 Å². The Bertz CT molecular complexity index is 1310. The van der Waals surface area contributed by atoms with Crippen molar-refractivity contribution < 1.29 is 19.1 Å². The van der Waals surface area contributed by atoms with Gasteiger partial charge in [0.15, 0.2) is 6.61 Å². The molecule has 0 saturated carbocycles. The number of Topliss-reactive ketones (excluding diaryl/α,β-unsaturated/α-hetero) is 1. The van der Waals surface area contributed by atoms with Crippen LogP contribution in [0.3, 0.4) is 0 Å². The smallest absolute Gasteiger partial charge is 0.338 e. The number of benzene rings is 2. The zero-order valence-electron chi connectivity index (χ0n) is 17.6. The molecule has 0 aliphatic rings. The van der Waals surface area contributed by atoms with Crippen molar-refractivity contribution in [3.63, 3.8) is 0 Å². The number of nitrogens with one attached hydrogen (secondary N) is 1. The topological polar surface area (TPSA) is 90.3 Å². The first kappa shape index (κ1) is 21.5. The standard InChI is InChI=1S/C24H21N3O4S/c1-15-26-20-12-17(8-10-21(20)27(15)18-6-4-3-5-7-18)24(30)31-14-22(29)23-11-9-19(32-23)13-25-16(2)28/h3-12H,13-14H2,1-2H3,(H,25,28). The molecule has 2 aromatic heterocycles. The molecule has 0 radical (unpaired) electrons. The number of esters is 1. The first-order valence-electron chi connectivity index (χ1n) is 10.0. The van der Waals surface area contributed by atoms with Gasteiger partial charge < -0.3 is 10.1 Å². The number of carbonyl (C=O) groups excluding carboxylic acids is 3. The molecule has 0 saturated heterocycles. The highest BCUT2D eigenvalue weighted by Crippen LogP contribution is 2.23. The molecule has 0 atom stereocenters. The van der Waals surface area contributed by atoms with Crippen molar-refractivity contribution in [2.24, 2.45) is 0 Å². The minimum Gasteiger partial charge on any atom is -0.454 e. The monoisotopic (exact) mass is 447 g/mol. The number of imidazole rings is 1. The van der Waals surface area contributed by atoms with Crippen LogP contribution in [0.15, 0.2) is 60.7 Å². The Morgan fingerprint density at radius 3 is 2.59 bits per heavy atom. The number of aromatic nitrogens is 2. The van der Waals surface area contributed by atoms with Crippen molar-refractivity contribution in [2.75, 3.05) is 6.61 Å². The van der Waals surface area contributed by atoms with Crippen molar-refractivity contribution in [1.29, 1.82) is 0 Å². The van der Waals surface area contributed by atoms with Crippen LogP contribution in [-0.2, 0) is 16.1 Å². The fourth-order valence-corrected chi connectivity index (χ4v) is 4.22. The summed E-state index contributed by atoms with van der Waals surface area (Å²) in [6.45, 7) is 3.35. The van der Waals surface area contributed by atoms with Crippen molar-refractivity contribution in [2.45, 2.75) is 20.4 Å². The average Bonchev–Trinajstić information content (AvgIpc) is 3.39. The predicted molar refractivity (Wildman–Crippen MR) is 122 cm³/mol. The lowest BCUT2D eigenvalue weighted by atomic mass is 10.2. The van der Waals surface area contributed by atoms with E-state index in [1.54, 1.807) is 24.3 Å². The van der Waals surface area contributed by atoms with Gasteiger partial charge in [0.25, 0.3) is 0 Å². The molecule has 1 amide bonds. The summed E-state index contributed by atoms with van der Waals surface area (Å²) in [6, 6.07) is 18.5. The quantitative estimate of drug-likeness (QED) is 0.341. The first-order chi connectivity index (χ1) is 15.4. The molecule has 0 unspecified atom stereocenters. The van der Waals surface area contributed by atoms with Gasteiger partial charge in [0.1, 0.15) is 5.82 Å². The summed E-state index contributed by atoms with van der Waals surface area (Å²) < 4.78 is 7.25. The summed E-state index contributed by atoms with van der Waals surface area (Å²) in [4.78, 5) is 41.8. The summed E-state index contributed by atoms with van der Waals surface area (Å²) in [7, 11) is 0. The molecule has 0 aliphatic heterocycles. The molecule has 2 heterocycles. The van der Waals surface area contributed by atoms with Crippen molar-refractivity contribution in [3.8, 4) is 5.69 Å². The molecule has 1 N–H and O–H groups in total. The van der Waals surface area contributed by atoms with Crippen LogP contribution in [0, 0.1) is 6.92 Å². The molecule has 162 valence electrons. The van der Waals surface area contributed by atoms with E-state index < -0.39 is 5.97 Å². The Labute approximate surface area is 188 Å². The highest BCUT2D eigenvalue weighted by atomic mass is 32.1. The summed E-state index contributed by atoms with van der Waals surface area (Å²) in [5.74, 6) is -0.203. The molecule has 8 heteroatoms. The first-order valence-corrected chi connectivity index (χ1v) is 10.8. The largest absolute Gasteiger partial charge is 0.454 e. The van der Waals surface area contributed by atoms with Crippen LogP contribution in [0.4, 0.5) is 0 Å². The van der Waals surface area contributed by atoms with Crippen LogP contribution in [0.25, 0.3) is 16.7 Å². The van der Waals surface area contributed by atoms with Gasteiger partial charge in [0, 0.05) is 17.5 Å². The minimum atomic E-state index is -0.581. The molecule has 0 spiro atoms. The molecule has 4 aromatic rings. The number of hydrogen-bond acceptors (Lipinski definition) is 6. The van der Waals surface area contributed by atoms with Crippen LogP contribution >= 0.6 is 11.3 Å². The zero-order valence-corrected chi connectivity index (χ0v) is 18.4. The third-order valence-electron chi connectivity index (χ3n) is 4.85. The van der Waals surface area contributed by atoms with E-state index in [2.05, 4.69) is 10.3 Å². The normalized spacial score (nSPS) is 10.8. The lowest BCUT2D eigenvalue weighted by Gasteiger charge is -2.07. The van der Waals surface area contributed by atoms with Crippen molar-refractivity contribution >= 4 is 40.0 Å². The Hall–Kier alpha value is -3.78. The third kappa shape index (κ3) is 4.60. The predicted octanol–water partition coefficient (Wildman–Crippen LogP) is 4.07. The molecule has 7 nitrogen and oxygen atoms in total. The van der Waals surface area contributed by atoms with Gasteiger partial charge in [-0.1, -0.05) is 18.2 Å². The average molecular weight is 448 g/mol. The summed E-state index contributed by atoms with van der Waals surface area (Å²) >= 11 is 1.27. The van der Waals surface area contributed by atoms with Gasteiger partial charge in [-0.3, -0.25) is 14.2 Å². The number of fused-ring (bicyclic) bond motifs is 1. The number of ketones is 1. The van der Waals surface area contributed by atoms with Gasteiger partial charge in [0.2, 0.25) is 11.7 Å². The number of ether oxygens (including phenoxy) is 1. The van der Waals surface area contributed by atoms with E-state index in [0.29, 0.717) is 22.5 Å². The SMILES string of the molecule is CC(=O)NCc1ccc(C(=O)COC(=O)c2ccc3c(c2)nc(C)n3-c2ccccc2)s1. The minimum absolute atomic E-state index is 0.138. The highest BCUT2D eigenvalue weighted by Gasteiger charge is 2.16. The van der Waals surface area contributed by atoms with E-state index in [1.165, 1.54) is 18.3 Å². The number of nitrogens with zero attached hydrogens (tertiary/aromatic N) is 2. The van der Waals surface area contributed by atoms with Gasteiger partial charge in [-0.2, -0.15) is 0 Å². The number of aryl methyl sites for hydroxylation is 1. The summed E-state index contributed by atoms with van der Waals surface area (Å²) in [5, 5.41) is 2.68. The van der Waals surface area contributed by atoms with E-state index >= 15 is 0 Å². The Balaban J connectivity index is 1.44. The van der Waals surface area contributed by atoms with Gasteiger partial charge in [0.05, 0.1) is 28.0 Å². The second-order valence-electron chi connectivity index (χ2n) is 7.21. The fourth-order valence-electron chi connectivity index (χ4n) is 3.35. The van der Waals surface area contributed by atoms with Crippen LogP contribution in [0.1, 0.15) is 37.7 Å². The van der Waals surface area contributed by atoms with Crippen molar-refractivity contribution in [1.82, 2.24) is 14.9 Å². The summed E-state index contributed by atoms with van der Waals surface area (Å²) in [5.41, 5.74) is 2.88. The molecule has 32 heavy (non-hydrogen) atoms. The molecule has 0 aliphatic carbocycles. The maximum absolute atomic E-state index is 12.5. The molecule has 2 aromatic carbocycles. The van der Waals surface area contributed by atoms with E-state index in [4.69, 9.17) is 4.74 Å². The molecule has 4 rings (SSSR count). The van der Waals surface area contributed by atoms with Gasteiger partial charge in [-0.25, -0.2) is 9.78 Å². The van der Waals surface area contributed by atoms with Crippen LogP contribution in [-0.4, -0.2) is 33.8 Å². The third-order valence-corrected chi connectivity index (χ3v) is 5.98. The lowest BCUT2D eigenvalue weighted by molar-refractivity contribution is -0.119. The number of carbonyl (C=O) groups is 3. The number of rotatable bonds is 7. The Morgan fingerprint density at radius 1 is 1.06 bits per heavy atom. The second-order valence-corrected chi connectivity index (χ2v) is 8.38. The Kier molecular flexibility index (Phi) is 6.13. The molecule has 0 fully saturated rings. The molecule has 0 bridgehead atoms. The van der Waals surface area contributed by atoms with Gasteiger partial charge >= 0.3 is 5.97 Å². The Morgan fingerprint density at radius 2 is 1.84 bits per heavy atom. The number of amides is 1. The van der Waals surface area contributed by atoms with Crippen LogP contribution < -0.4 is 5.32 Å². The maximum atomic E-state index is 12.5. The fraction of sp³-hybridized carbons (Fsp3) is 0.167. The maximum Gasteiger partial charge on any atom is 0.338 e. The van der Waals surface area contributed by atoms with Gasteiger partial charge in [-0.05, 0) is 49.4 Å². The van der Waals surface area contributed by atoms with Crippen molar-refractivity contribution in [3.05, 3.63) is 81.8 Å². The van der Waals surface area contributed by atoms with Gasteiger partial charge in [-0.15, -0.1) is 11.3 Å². The number of para-hydroxylation sites is 1. The summed E-state index contributed by atoms with van der Waals surface area (Å²) in [6.07, 6.45) is 0. The molecular weight excluding hydrogens is 426 g/mol. The molecular formula is C24H21N3O4S. The second kappa shape index (κ2) is 9.15. The number of hydrogen-bond donors (Lipinski definition) is 1.